The van der Waals surface area contributed by atoms with Crippen molar-refractivity contribution in [1.29, 1.82) is 0 Å². The van der Waals surface area contributed by atoms with Gasteiger partial charge >= 0.3 is 0 Å². The van der Waals surface area contributed by atoms with Crippen LogP contribution in [0.1, 0.15) is 24.8 Å². The van der Waals surface area contributed by atoms with Crippen LogP contribution in [0, 0.1) is 5.82 Å². The molecule has 2 rings (SSSR count). The first-order valence-electron chi connectivity index (χ1n) is 6.09. The summed E-state index contributed by atoms with van der Waals surface area (Å²) in [7, 11) is 0. The summed E-state index contributed by atoms with van der Waals surface area (Å²) in [6, 6.07) is 5.81. The van der Waals surface area contributed by atoms with Crippen molar-refractivity contribution in [3.05, 3.63) is 34.6 Å². The molecule has 0 saturated heterocycles. The van der Waals surface area contributed by atoms with Crippen LogP contribution in [0.15, 0.2) is 18.2 Å². The van der Waals surface area contributed by atoms with Crippen molar-refractivity contribution in [2.45, 2.75) is 37.8 Å². The molecule has 19 heavy (non-hydrogen) atoms. The van der Waals surface area contributed by atoms with Crippen LogP contribution in [0.3, 0.4) is 0 Å². The van der Waals surface area contributed by atoms with Gasteiger partial charge in [0.15, 0.2) is 0 Å². The lowest BCUT2D eigenvalue weighted by Crippen LogP contribution is -2.47. The summed E-state index contributed by atoms with van der Waals surface area (Å²) in [6.07, 6.45) is 4.28. The van der Waals surface area contributed by atoms with Gasteiger partial charge in [0, 0.05) is 18.6 Å². The van der Waals surface area contributed by atoms with Gasteiger partial charge in [0.2, 0.25) is 0 Å². The number of hydrogen-bond acceptors (Lipinski definition) is 2. The lowest BCUT2D eigenvalue weighted by Gasteiger charge is -2.31. The van der Waals surface area contributed by atoms with E-state index in [4.69, 9.17) is 17.3 Å². The summed E-state index contributed by atoms with van der Waals surface area (Å²) < 4.78 is 13.7. The number of nitrogens with one attached hydrogen (secondary N) is 1. The molecule has 0 amide bonds. The average molecular weight is 330 g/mol. The minimum atomic E-state index is -0.317. The van der Waals surface area contributed by atoms with E-state index >= 15 is 0 Å². The molecule has 1 aromatic rings. The van der Waals surface area contributed by atoms with Gasteiger partial charge in [-0.05, 0) is 30.9 Å². The maximum atomic E-state index is 13.7. The van der Waals surface area contributed by atoms with Gasteiger partial charge in [-0.1, -0.05) is 30.2 Å². The second-order valence-electron chi connectivity index (χ2n) is 4.64. The Morgan fingerprint density at radius 3 is 2.58 bits per heavy atom. The molecule has 1 atom stereocenters. The second kappa shape index (κ2) is 8.98. The quantitative estimate of drug-likeness (QED) is 0.869. The van der Waals surface area contributed by atoms with E-state index in [0.717, 1.165) is 0 Å². The molecule has 110 valence electrons. The van der Waals surface area contributed by atoms with Crippen molar-refractivity contribution in [3.63, 3.8) is 0 Å². The molecule has 0 bridgehead atoms. The van der Waals surface area contributed by atoms with Crippen LogP contribution in [0.25, 0.3) is 0 Å². The van der Waals surface area contributed by atoms with Gasteiger partial charge in [0.05, 0.1) is 5.02 Å². The zero-order valence-electron chi connectivity index (χ0n) is 10.6. The molecule has 1 aliphatic rings. The highest BCUT2D eigenvalue weighted by atomic mass is 35.5. The summed E-state index contributed by atoms with van der Waals surface area (Å²) in [5, 5.41) is 3.65. The van der Waals surface area contributed by atoms with Crippen LogP contribution >= 0.6 is 36.4 Å². The first-order chi connectivity index (χ1) is 8.20. The number of halogens is 4. The molecule has 0 aliphatic heterocycles. The predicted molar refractivity (Wildman–Crippen MR) is 83.2 cm³/mol. The molecular weight excluding hydrogens is 310 g/mol. The van der Waals surface area contributed by atoms with Crippen LogP contribution in [0.5, 0.6) is 0 Å². The van der Waals surface area contributed by atoms with Gasteiger partial charge < -0.3 is 11.1 Å². The highest BCUT2D eigenvalue weighted by Gasteiger charge is 2.21. The van der Waals surface area contributed by atoms with E-state index < -0.39 is 0 Å². The van der Waals surface area contributed by atoms with E-state index in [1.165, 1.54) is 19.3 Å². The molecule has 0 radical (unpaired) electrons. The summed E-state index contributed by atoms with van der Waals surface area (Å²) in [4.78, 5) is 0. The summed E-state index contributed by atoms with van der Waals surface area (Å²) >= 11 is 5.76. The van der Waals surface area contributed by atoms with E-state index in [2.05, 4.69) is 5.32 Å². The minimum Gasteiger partial charge on any atom is -0.329 e. The third kappa shape index (κ3) is 5.09. The number of nitrogens with two attached hydrogens (primary N) is 1. The van der Waals surface area contributed by atoms with Crippen molar-refractivity contribution >= 4 is 36.4 Å². The molecule has 0 aromatic heterocycles. The number of benzene rings is 1. The SMILES string of the molecule is Cl.Cl.NCC(Cc1cccc(Cl)c1F)NC1CCC1. The molecule has 6 heteroatoms. The number of rotatable bonds is 5. The van der Waals surface area contributed by atoms with Crippen LogP contribution < -0.4 is 11.1 Å². The first-order valence-corrected chi connectivity index (χ1v) is 6.47. The fourth-order valence-corrected chi connectivity index (χ4v) is 2.28. The topological polar surface area (TPSA) is 38.0 Å². The summed E-state index contributed by atoms with van der Waals surface area (Å²) in [5.41, 5.74) is 6.36. The smallest absolute Gasteiger partial charge is 0.145 e. The maximum Gasteiger partial charge on any atom is 0.145 e. The zero-order chi connectivity index (χ0) is 12.3. The summed E-state index contributed by atoms with van der Waals surface area (Å²) in [5.74, 6) is -0.317. The van der Waals surface area contributed by atoms with Gasteiger partial charge in [0.1, 0.15) is 5.82 Å². The molecule has 1 unspecified atom stereocenters. The molecular formula is C13H20Cl3FN2. The Kier molecular flexibility index (Phi) is 8.95. The van der Waals surface area contributed by atoms with Crippen molar-refractivity contribution in [3.8, 4) is 0 Å². The maximum absolute atomic E-state index is 13.7. The molecule has 0 heterocycles. The lowest BCUT2D eigenvalue weighted by atomic mass is 9.91. The Morgan fingerprint density at radius 2 is 2.05 bits per heavy atom. The molecule has 0 spiro atoms. The largest absolute Gasteiger partial charge is 0.329 e. The fraction of sp³-hybridized carbons (Fsp3) is 0.538. The van der Waals surface area contributed by atoms with Crippen molar-refractivity contribution in [1.82, 2.24) is 5.32 Å². The molecule has 1 aliphatic carbocycles. The third-order valence-corrected chi connectivity index (χ3v) is 3.65. The Morgan fingerprint density at radius 1 is 1.37 bits per heavy atom. The monoisotopic (exact) mass is 328 g/mol. The van der Waals surface area contributed by atoms with Gasteiger partial charge in [-0.3, -0.25) is 0 Å². The van der Waals surface area contributed by atoms with Crippen LogP contribution in [0.4, 0.5) is 4.39 Å². The Hall–Kier alpha value is -0.0600. The molecule has 1 saturated carbocycles. The zero-order valence-corrected chi connectivity index (χ0v) is 13.0. The molecule has 1 fully saturated rings. The minimum absolute atomic E-state index is 0. The molecule has 3 N–H and O–H groups in total. The average Bonchev–Trinajstić information content (AvgIpc) is 2.27. The first kappa shape index (κ1) is 18.9. The molecule has 2 nitrogen and oxygen atoms in total. The van der Waals surface area contributed by atoms with Gasteiger partial charge in [-0.25, -0.2) is 4.39 Å². The van der Waals surface area contributed by atoms with Crippen molar-refractivity contribution in [2.24, 2.45) is 5.73 Å². The molecule has 1 aromatic carbocycles. The standard InChI is InChI=1S/C13H18ClFN2.2ClH/c14-12-6-1-3-9(13(12)15)7-11(8-16)17-10-4-2-5-10;;/h1,3,6,10-11,17H,2,4-5,7-8,16H2;2*1H. The van der Waals surface area contributed by atoms with Gasteiger partial charge in [0.25, 0.3) is 0 Å². The third-order valence-electron chi connectivity index (χ3n) is 3.36. The van der Waals surface area contributed by atoms with Crippen LogP contribution in [-0.2, 0) is 6.42 Å². The Bertz CT molecular complexity index is 386. The van der Waals surface area contributed by atoms with Crippen LogP contribution in [0.2, 0.25) is 5.02 Å². The van der Waals surface area contributed by atoms with Gasteiger partial charge in [-0.2, -0.15) is 0 Å². The van der Waals surface area contributed by atoms with Crippen LogP contribution in [-0.4, -0.2) is 18.6 Å². The highest BCUT2D eigenvalue weighted by Crippen LogP contribution is 2.21. The normalized spacial score (nSPS) is 15.9. The second-order valence-corrected chi connectivity index (χ2v) is 5.05. The number of hydrogen-bond donors (Lipinski definition) is 2. The van der Waals surface area contributed by atoms with E-state index in [1.807, 2.05) is 0 Å². The lowest BCUT2D eigenvalue weighted by molar-refractivity contribution is 0.303. The van der Waals surface area contributed by atoms with E-state index in [0.29, 0.717) is 24.6 Å². The highest BCUT2D eigenvalue weighted by molar-refractivity contribution is 6.30. The van der Waals surface area contributed by atoms with Crippen molar-refractivity contribution < 1.29 is 4.39 Å². The van der Waals surface area contributed by atoms with Gasteiger partial charge in [-0.15, -0.1) is 24.8 Å². The Balaban J connectivity index is 0.00000162. The Labute approximate surface area is 131 Å². The van der Waals surface area contributed by atoms with Crippen molar-refractivity contribution in [2.75, 3.05) is 6.54 Å². The van der Waals surface area contributed by atoms with E-state index in [9.17, 15) is 4.39 Å². The predicted octanol–water partition coefficient (Wildman–Crippen LogP) is 3.33. The van der Waals surface area contributed by atoms with E-state index in [1.54, 1.807) is 18.2 Å². The fourth-order valence-electron chi connectivity index (χ4n) is 2.09. The van der Waals surface area contributed by atoms with E-state index in [-0.39, 0.29) is 41.7 Å². The summed E-state index contributed by atoms with van der Waals surface area (Å²) in [6.45, 7) is 0.516.